The topological polar surface area (TPSA) is 100 Å². The van der Waals surface area contributed by atoms with Crippen LogP contribution >= 0.6 is 0 Å². The molecule has 3 aromatic rings. The molecule has 0 unspecified atom stereocenters. The molecule has 0 radical (unpaired) electrons. The number of hydrogen-bond acceptors (Lipinski definition) is 6. The van der Waals surface area contributed by atoms with Gasteiger partial charge in [-0.15, -0.1) is 6.58 Å². The molecule has 3 N–H and O–H groups in total. The van der Waals surface area contributed by atoms with Gasteiger partial charge in [-0.2, -0.15) is 0 Å². The van der Waals surface area contributed by atoms with Gasteiger partial charge < -0.3 is 24.5 Å². The van der Waals surface area contributed by atoms with Crippen LogP contribution in [0.2, 0.25) is 0 Å². The first-order valence-corrected chi connectivity index (χ1v) is 8.37. The lowest BCUT2D eigenvalue weighted by Gasteiger charge is -2.16. The SMILES string of the molecule is C=C(C)CCc1c(OC)c(O)c(O)c2c(=O)c(O)c(-c3ccccc3)oc12. The normalized spacial score (nSPS) is 10.9. The van der Waals surface area contributed by atoms with E-state index in [1.165, 1.54) is 7.11 Å². The highest BCUT2D eigenvalue weighted by atomic mass is 16.5. The largest absolute Gasteiger partial charge is 0.504 e. The predicted molar refractivity (Wildman–Crippen MR) is 103 cm³/mol. The van der Waals surface area contributed by atoms with Crippen molar-refractivity contribution >= 4 is 11.0 Å². The molecule has 0 aliphatic heterocycles. The molecule has 0 saturated heterocycles. The molecule has 0 saturated carbocycles. The number of methoxy groups -OCH3 is 1. The zero-order valence-electron chi connectivity index (χ0n) is 15.1. The lowest BCUT2D eigenvalue weighted by atomic mass is 10.00. The number of benzene rings is 2. The van der Waals surface area contributed by atoms with Crippen molar-refractivity contribution in [1.82, 2.24) is 0 Å². The summed E-state index contributed by atoms with van der Waals surface area (Å²) in [4.78, 5) is 12.7. The van der Waals surface area contributed by atoms with Crippen LogP contribution in [0.15, 0.2) is 51.7 Å². The minimum Gasteiger partial charge on any atom is -0.504 e. The molecule has 0 amide bonds. The lowest BCUT2D eigenvalue weighted by molar-refractivity contribution is 0.348. The summed E-state index contributed by atoms with van der Waals surface area (Å²) < 4.78 is 11.1. The average molecular weight is 368 g/mol. The van der Waals surface area contributed by atoms with Gasteiger partial charge in [0.25, 0.3) is 0 Å². The molecule has 6 heteroatoms. The molecule has 140 valence electrons. The fourth-order valence-electron chi connectivity index (χ4n) is 3.00. The second-order valence-electron chi connectivity index (χ2n) is 6.35. The molecule has 0 aliphatic rings. The van der Waals surface area contributed by atoms with E-state index in [4.69, 9.17) is 9.15 Å². The first-order valence-electron chi connectivity index (χ1n) is 8.37. The van der Waals surface area contributed by atoms with Crippen molar-refractivity contribution in [1.29, 1.82) is 0 Å². The quantitative estimate of drug-likeness (QED) is 0.463. The fourth-order valence-corrected chi connectivity index (χ4v) is 3.00. The summed E-state index contributed by atoms with van der Waals surface area (Å²) >= 11 is 0. The third-order valence-corrected chi connectivity index (χ3v) is 4.35. The maximum atomic E-state index is 12.7. The highest BCUT2D eigenvalue weighted by Crippen LogP contribution is 2.46. The summed E-state index contributed by atoms with van der Waals surface area (Å²) in [6.45, 7) is 5.71. The first kappa shape index (κ1) is 18.4. The summed E-state index contributed by atoms with van der Waals surface area (Å²) in [5, 5.41) is 30.7. The van der Waals surface area contributed by atoms with Crippen molar-refractivity contribution in [3.63, 3.8) is 0 Å². The van der Waals surface area contributed by atoms with Gasteiger partial charge in [-0.05, 0) is 19.8 Å². The number of rotatable bonds is 5. The summed E-state index contributed by atoms with van der Waals surface area (Å²) in [5.41, 5.74) is 1.04. The number of phenols is 2. The number of fused-ring (bicyclic) bond motifs is 1. The molecule has 0 spiro atoms. The second kappa shape index (κ2) is 7.07. The number of allylic oxidation sites excluding steroid dienone is 1. The van der Waals surface area contributed by atoms with Gasteiger partial charge in [0.2, 0.25) is 16.9 Å². The minimum atomic E-state index is -0.831. The van der Waals surface area contributed by atoms with Crippen molar-refractivity contribution in [3.05, 3.63) is 58.3 Å². The fraction of sp³-hybridized carbons (Fsp3) is 0.190. The van der Waals surface area contributed by atoms with Crippen LogP contribution in [0.3, 0.4) is 0 Å². The molecule has 3 rings (SSSR count). The number of hydrogen-bond donors (Lipinski definition) is 3. The molecule has 2 aromatic carbocycles. The zero-order valence-corrected chi connectivity index (χ0v) is 15.1. The van der Waals surface area contributed by atoms with Gasteiger partial charge in [0, 0.05) is 11.1 Å². The Morgan fingerprint density at radius 2 is 1.78 bits per heavy atom. The Morgan fingerprint density at radius 3 is 2.37 bits per heavy atom. The minimum absolute atomic E-state index is 0.0168. The maximum Gasteiger partial charge on any atom is 0.238 e. The number of aryl methyl sites for hydroxylation is 1. The summed E-state index contributed by atoms with van der Waals surface area (Å²) in [7, 11) is 1.35. The van der Waals surface area contributed by atoms with E-state index in [1.807, 2.05) is 6.92 Å². The molecule has 6 nitrogen and oxygen atoms in total. The number of phenolic OH excluding ortho intramolecular Hbond substituents is 2. The van der Waals surface area contributed by atoms with Crippen LogP contribution in [-0.4, -0.2) is 22.4 Å². The molecule has 0 aliphatic carbocycles. The average Bonchev–Trinajstić information content (AvgIpc) is 2.66. The number of aromatic hydroxyl groups is 3. The maximum absolute atomic E-state index is 12.7. The van der Waals surface area contributed by atoms with E-state index in [9.17, 15) is 20.1 Å². The van der Waals surface area contributed by atoms with Crippen LogP contribution in [0.25, 0.3) is 22.3 Å². The summed E-state index contributed by atoms with van der Waals surface area (Å²) in [6, 6.07) is 8.67. The van der Waals surface area contributed by atoms with Crippen molar-refractivity contribution in [3.8, 4) is 34.3 Å². The lowest BCUT2D eigenvalue weighted by Crippen LogP contribution is -2.06. The standard InChI is InChI=1S/C21H20O6/c1-11(2)9-10-13-20-14(16(23)18(25)21(13)26-3)15(22)17(24)19(27-20)12-7-5-4-6-8-12/h4-8,23-25H,1,9-10H2,2-3H3. The Bertz CT molecular complexity index is 1080. The Labute approximate surface area is 155 Å². The Balaban J connectivity index is 2.43. The molecule has 1 heterocycles. The van der Waals surface area contributed by atoms with Gasteiger partial charge in [0.05, 0.1) is 7.11 Å². The van der Waals surface area contributed by atoms with Crippen LogP contribution in [0, 0.1) is 0 Å². The van der Waals surface area contributed by atoms with E-state index in [1.54, 1.807) is 30.3 Å². The van der Waals surface area contributed by atoms with Gasteiger partial charge in [-0.1, -0.05) is 35.9 Å². The van der Waals surface area contributed by atoms with E-state index in [0.717, 1.165) is 5.57 Å². The van der Waals surface area contributed by atoms with Crippen molar-refractivity contribution in [2.45, 2.75) is 19.8 Å². The van der Waals surface area contributed by atoms with Crippen LogP contribution in [0.5, 0.6) is 23.0 Å². The molecule has 0 fully saturated rings. The molecule has 1 aromatic heterocycles. The summed E-state index contributed by atoms with van der Waals surface area (Å²) in [6.07, 6.45) is 0.922. The molecular formula is C21H20O6. The third kappa shape index (κ3) is 3.10. The van der Waals surface area contributed by atoms with Gasteiger partial charge in [-0.3, -0.25) is 4.79 Å². The molecular weight excluding hydrogens is 348 g/mol. The molecule has 0 atom stereocenters. The predicted octanol–water partition coefficient (Wildman–Crippen LogP) is 4.09. The van der Waals surface area contributed by atoms with Crippen LogP contribution < -0.4 is 10.2 Å². The Kier molecular flexibility index (Phi) is 4.81. The monoisotopic (exact) mass is 368 g/mol. The van der Waals surface area contributed by atoms with Crippen molar-refractivity contribution in [2.75, 3.05) is 7.11 Å². The van der Waals surface area contributed by atoms with Gasteiger partial charge in [0.1, 0.15) is 11.0 Å². The first-order chi connectivity index (χ1) is 12.9. The third-order valence-electron chi connectivity index (χ3n) is 4.35. The van der Waals surface area contributed by atoms with Gasteiger partial charge >= 0.3 is 0 Å². The highest BCUT2D eigenvalue weighted by molar-refractivity contribution is 5.94. The smallest absolute Gasteiger partial charge is 0.238 e. The zero-order chi connectivity index (χ0) is 19.7. The van der Waals surface area contributed by atoms with E-state index in [2.05, 4.69) is 6.58 Å². The van der Waals surface area contributed by atoms with Crippen LogP contribution in [0.1, 0.15) is 18.9 Å². The van der Waals surface area contributed by atoms with E-state index < -0.39 is 22.7 Å². The van der Waals surface area contributed by atoms with Gasteiger partial charge in [-0.25, -0.2) is 0 Å². The number of ether oxygens (including phenoxy) is 1. The summed E-state index contributed by atoms with van der Waals surface area (Å²) in [5.74, 6) is -1.89. The highest BCUT2D eigenvalue weighted by Gasteiger charge is 2.26. The van der Waals surface area contributed by atoms with E-state index in [0.29, 0.717) is 24.0 Å². The van der Waals surface area contributed by atoms with Crippen LogP contribution in [-0.2, 0) is 6.42 Å². The van der Waals surface area contributed by atoms with Crippen molar-refractivity contribution in [2.24, 2.45) is 0 Å². The second-order valence-corrected chi connectivity index (χ2v) is 6.35. The van der Waals surface area contributed by atoms with E-state index in [-0.39, 0.29) is 22.5 Å². The Hall–Kier alpha value is -3.41. The van der Waals surface area contributed by atoms with Crippen LogP contribution in [0.4, 0.5) is 0 Å². The Morgan fingerprint density at radius 1 is 1.11 bits per heavy atom. The van der Waals surface area contributed by atoms with Crippen molar-refractivity contribution < 1.29 is 24.5 Å². The molecule has 0 bridgehead atoms. The van der Waals surface area contributed by atoms with Gasteiger partial charge in [0.15, 0.2) is 17.3 Å². The molecule has 27 heavy (non-hydrogen) atoms. The van der Waals surface area contributed by atoms with E-state index >= 15 is 0 Å².